The average molecular weight is 600 g/mol. The van der Waals surface area contributed by atoms with Gasteiger partial charge in [0.15, 0.2) is 5.84 Å². The summed E-state index contributed by atoms with van der Waals surface area (Å²) in [6.07, 6.45) is 0. The number of aromatic nitrogens is 1. The molecule has 7 heteroatoms. The van der Waals surface area contributed by atoms with Crippen LogP contribution in [0.5, 0.6) is 0 Å². The summed E-state index contributed by atoms with van der Waals surface area (Å²) in [6, 6.07) is 18.7. The van der Waals surface area contributed by atoms with E-state index in [1.54, 1.807) is 14.2 Å². The Hall–Kier alpha value is -3.55. The number of methoxy groups -OCH3 is 2. The van der Waals surface area contributed by atoms with E-state index in [0.29, 0.717) is 43.5 Å². The Morgan fingerprint density at radius 2 is 0.932 bits per heavy atom. The molecule has 0 aliphatic heterocycles. The number of benzene rings is 2. The fourth-order valence-electron chi connectivity index (χ4n) is 5.59. The van der Waals surface area contributed by atoms with E-state index in [0.717, 1.165) is 11.4 Å². The van der Waals surface area contributed by atoms with Crippen molar-refractivity contribution in [1.29, 1.82) is 10.8 Å². The Labute approximate surface area is 265 Å². The van der Waals surface area contributed by atoms with Crippen molar-refractivity contribution < 1.29 is 9.47 Å². The first-order valence-electron chi connectivity index (χ1n) is 15.9. The third-order valence-electron chi connectivity index (χ3n) is 8.04. The van der Waals surface area contributed by atoms with Gasteiger partial charge in [0.05, 0.1) is 24.6 Å². The topological polar surface area (TPSA) is 85.5 Å². The average Bonchev–Trinajstić information content (AvgIpc) is 3.00. The highest BCUT2D eigenvalue weighted by Gasteiger charge is 2.30. The van der Waals surface area contributed by atoms with Gasteiger partial charge >= 0.3 is 0 Å². The molecule has 3 aromatic rings. The second kappa shape index (κ2) is 16.0. The molecule has 44 heavy (non-hydrogen) atoms. The van der Waals surface area contributed by atoms with Gasteiger partial charge in [0.1, 0.15) is 17.2 Å². The first kappa shape index (κ1) is 34.9. The van der Waals surface area contributed by atoms with Crippen molar-refractivity contribution in [3.05, 3.63) is 88.2 Å². The number of nitrogens with one attached hydrogen (secondary N) is 2. The van der Waals surface area contributed by atoms with Crippen molar-refractivity contribution in [2.75, 3.05) is 45.4 Å². The van der Waals surface area contributed by atoms with Gasteiger partial charge in [-0.05, 0) is 58.1 Å². The summed E-state index contributed by atoms with van der Waals surface area (Å²) >= 11 is 0. The lowest BCUT2D eigenvalue weighted by atomic mass is 9.88. The zero-order chi connectivity index (χ0) is 32.6. The lowest BCUT2D eigenvalue weighted by Gasteiger charge is -2.36. The van der Waals surface area contributed by atoms with Crippen LogP contribution in [0.1, 0.15) is 113 Å². The van der Waals surface area contributed by atoms with Crippen molar-refractivity contribution in [1.82, 2.24) is 9.88 Å². The predicted octanol–water partition coefficient (Wildman–Crippen LogP) is 8.66. The Morgan fingerprint density at radius 3 is 1.27 bits per heavy atom. The van der Waals surface area contributed by atoms with Crippen LogP contribution in [0.25, 0.3) is 0 Å². The minimum absolute atomic E-state index is 0.246. The summed E-state index contributed by atoms with van der Waals surface area (Å²) in [4.78, 5) is 9.04. The molecule has 0 radical (unpaired) electrons. The van der Waals surface area contributed by atoms with E-state index in [1.807, 2.05) is 23.1 Å². The lowest BCUT2D eigenvalue weighted by molar-refractivity contribution is 0.146. The molecule has 0 bridgehead atoms. The van der Waals surface area contributed by atoms with E-state index in [9.17, 15) is 5.41 Å². The number of amidine groups is 2. The van der Waals surface area contributed by atoms with Crippen LogP contribution in [0.15, 0.2) is 54.6 Å². The van der Waals surface area contributed by atoms with Gasteiger partial charge in [-0.15, -0.1) is 0 Å². The summed E-state index contributed by atoms with van der Waals surface area (Å²) in [5.74, 6) is 1.57. The summed E-state index contributed by atoms with van der Waals surface area (Å²) in [7, 11) is 3.32. The van der Waals surface area contributed by atoms with Crippen molar-refractivity contribution in [3.63, 3.8) is 0 Å². The van der Waals surface area contributed by atoms with Gasteiger partial charge in [0, 0.05) is 27.3 Å². The number of para-hydroxylation sites is 2. The number of anilines is 2. The molecule has 0 spiro atoms. The van der Waals surface area contributed by atoms with Crippen LogP contribution in [0, 0.1) is 10.8 Å². The second-order valence-corrected chi connectivity index (χ2v) is 12.6. The number of rotatable bonds is 14. The van der Waals surface area contributed by atoms with Crippen LogP contribution in [0.4, 0.5) is 11.4 Å². The van der Waals surface area contributed by atoms with Gasteiger partial charge in [-0.3, -0.25) is 15.7 Å². The minimum Gasteiger partial charge on any atom is -0.383 e. The van der Waals surface area contributed by atoms with E-state index >= 15 is 0 Å². The molecule has 0 fully saturated rings. The number of ether oxygens (including phenoxy) is 2. The van der Waals surface area contributed by atoms with Crippen LogP contribution >= 0.6 is 0 Å². The summed E-state index contributed by atoms with van der Waals surface area (Å²) in [6.45, 7) is 19.8. The van der Waals surface area contributed by atoms with Crippen molar-refractivity contribution in [2.24, 2.45) is 0 Å². The molecule has 0 amide bonds. The number of nitrogens with zero attached hydrogens (tertiary/aromatic N) is 3. The zero-order valence-corrected chi connectivity index (χ0v) is 28.5. The molecular weight excluding hydrogens is 546 g/mol. The molecule has 0 aliphatic carbocycles. The Balaban J connectivity index is 2.33. The highest BCUT2D eigenvalue weighted by Crippen LogP contribution is 2.45. The maximum Gasteiger partial charge on any atom is 0.156 e. The fraction of sp³-hybridized carbons (Fsp3) is 0.486. The molecule has 7 nitrogen and oxygen atoms in total. The Kier molecular flexibility index (Phi) is 12.7. The Bertz CT molecular complexity index is 1290. The highest BCUT2D eigenvalue weighted by atomic mass is 16.5. The molecule has 1 aromatic heterocycles. The van der Waals surface area contributed by atoms with E-state index in [1.165, 1.54) is 22.3 Å². The third kappa shape index (κ3) is 7.93. The SMILES string of the molecule is COCCN(CCOC)C(=N)c1cccc(C(=N)N(c2c(C(C)C)cccc2C(C)C)c2c(C(C)C)cccc2C(C)C)n1. The molecule has 0 saturated carbocycles. The molecular formula is C37H53N5O2. The number of hydrogen-bond donors (Lipinski definition) is 2. The number of pyridine rings is 1. The summed E-state index contributed by atoms with van der Waals surface area (Å²) in [5.41, 5.74) is 7.94. The maximum absolute atomic E-state index is 9.92. The molecule has 2 aromatic carbocycles. The van der Waals surface area contributed by atoms with Gasteiger partial charge in [0.25, 0.3) is 0 Å². The molecule has 0 aliphatic rings. The van der Waals surface area contributed by atoms with Crippen LogP contribution in [-0.2, 0) is 9.47 Å². The Morgan fingerprint density at radius 1 is 0.591 bits per heavy atom. The molecule has 0 unspecified atom stereocenters. The number of hydrogen-bond acceptors (Lipinski definition) is 5. The normalized spacial score (nSPS) is 11.6. The van der Waals surface area contributed by atoms with Crippen LogP contribution in [0.2, 0.25) is 0 Å². The molecule has 0 saturated heterocycles. The molecule has 3 rings (SSSR count). The zero-order valence-electron chi connectivity index (χ0n) is 28.5. The molecule has 238 valence electrons. The predicted molar refractivity (Wildman–Crippen MR) is 185 cm³/mol. The monoisotopic (exact) mass is 599 g/mol. The van der Waals surface area contributed by atoms with E-state index in [2.05, 4.69) is 96.7 Å². The van der Waals surface area contributed by atoms with Gasteiger partial charge in [-0.2, -0.15) is 0 Å². The molecule has 1 heterocycles. The molecule has 0 atom stereocenters. The quantitative estimate of drug-likeness (QED) is 0.143. The smallest absolute Gasteiger partial charge is 0.156 e. The first-order chi connectivity index (χ1) is 20.9. The van der Waals surface area contributed by atoms with Crippen LogP contribution in [0.3, 0.4) is 0 Å². The van der Waals surface area contributed by atoms with E-state index < -0.39 is 0 Å². The van der Waals surface area contributed by atoms with Gasteiger partial charge in [-0.25, -0.2) is 4.98 Å². The fourth-order valence-corrected chi connectivity index (χ4v) is 5.59. The van der Waals surface area contributed by atoms with Crippen molar-refractivity contribution >= 4 is 23.0 Å². The third-order valence-corrected chi connectivity index (χ3v) is 8.04. The molecule has 2 N–H and O–H groups in total. The van der Waals surface area contributed by atoms with Crippen LogP contribution < -0.4 is 4.90 Å². The van der Waals surface area contributed by atoms with Crippen molar-refractivity contribution in [3.8, 4) is 0 Å². The van der Waals surface area contributed by atoms with Gasteiger partial charge < -0.3 is 14.4 Å². The second-order valence-electron chi connectivity index (χ2n) is 12.6. The standard InChI is InChI=1S/C37H53N5O2/c1-24(2)28-14-11-15-29(25(3)4)34(28)42(35-30(26(5)6)16-12-17-31(35)27(7)8)37(39)33-19-13-18-32(40-33)36(38)41(20-22-43-9)21-23-44-10/h11-19,24-27,38-39H,20-23H2,1-10H3. The lowest BCUT2D eigenvalue weighted by Crippen LogP contribution is -2.37. The highest BCUT2D eigenvalue weighted by molar-refractivity contribution is 6.13. The minimum atomic E-state index is 0.246. The first-order valence-corrected chi connectivity index (χ1v) is 15.9. The summed E-state index contributed by atoms with van der Waals surface area (Å²) in [5, 5.41) is 19.0. The van der Waals surface area contributed by atoms with E-state index in [-0.39, 0.29) is 29.5 Å². The van der Waals surface area contributed by atoms with Gasteiger partial charge in [0.2, 0.25) is 0 Å². The van der Waals surface area contributed by atoms with E-state index in [4.69, 9.17) is 19.9 Å². The van der Waals surface area contributed by atoms with Crippen molar-refractivity contribution in [2.45, 2.75) is 79.1 Å². The van der Waals surface area contributed by atoms with Crippen LogP contribution in [-0.4, -0.2) is 62.1 Å². The van der Waals surface area contributed by atoms with Gasteiger partial charge in [-0.1, -0.05) is 97.9 Å². The maximum atomic E-state index is 9.92. The summed E-state index contributed by atoms with van der Waals surface area (Å²) < 4.78 is 10.6. The largest absolute Gasteiger partial charge is 0.383 e.